The van der Waals surface area contributed by atoms with Gasteiger partial charge in [-0.2, -0.15) is 0 Å². The van der Waals surface area contributed by atoms with Crippen molar-refractivity contribution in [2.75, 3.05) is 20.3 Å². The zero-order valence-electron chi connectivity index (χ0n) is 10.3. The van der Waals surface area contributed by atoms with Crippen LogP contribution in [0.2, 0.25) is 0 Å². The third-order valence-corrected chi connectivity index (χ3v) is 3.18. The van der Waals surface area contributed by atoms with Gasteiger partial charge in [0.05, 0.1) is 12.2 Å². The Bertz CT molecular complexity index is 554. The highest BCUT2D eigenvalue weighted by Gasteiger charge is 2.18. The molecule has 0 saturated heterocycles. The first-order valence-corrected chi connectivity index (χ1v) is 6.92. The quantitative estimate of drug-likeness (QED) is 0.704. The van der Waals surface area contributed by atoms with Crippen LogP contribution in [0, 0.1) is 0 Å². The highest BCUT2D eigenvalue weighted by Crippen LogP contribution is 2.24. The second-order valence-corrected chi connectivity index (χ2v) is 5.24. The van der Waals surface area contributed by atoms with Crippen molar-refractivity contribution < 1.29 is 27.8 Å². The minimum Gasteiger partial charge on any atom is -0.492 e. The maximum atomic E-state index is 11.4. The zero-order chi connectivity index (χ0) is 14.5. The lowest BCUT2D eigenvalue weighted by molar-refractivity contribution is 0.0696. The van der Waals surface area contributed by atoms with Crippen LogP contribution in [0.5, 0.6) is 5.75 Å². The number of hydrogen-bond donors (Lipinski definition) is 2. The van der Waals surface area contributed by atoms with Crippen molar-refractivity contribution in [3.63, 3.8) is 0 Å². The Morgan fingerprint density at radius 2 is 2.05 bits per heavy atom. The number of benzene rings is 1. The summed E-state index contributed by atoms with van der Waals surface area (Å²) in [7, 11) is -2.51. The third-order valence-electron chi connectivity index (χ3n) is 2.25. The van der Waals surface area contributed by atoms with Crippen LogP contribution in [0.15, 0.2) is 23.1 Å². The van der Waals surface area contributed by atoms with E-state index in [2.05, 4.69) is 0 Å². The second-order valence-electron chi connectivity index (χ2n) is 3.71. The Morgan fingerprint density at radius 3 is 2.58 bits per heavy atom. The van der Waals surface area contributed by atoms with Gasteiger partial charge >= 0.3 is 5.97 Å². The van der Waals surface area contributed by atoms with Gasteiger partial charge in [0.25, 0.3) is 0 Å². The average Bonchev–Trinajstić information content (AvgIpc) is 2.33. The first kappa shape index (κ1) is 15.4. The van der Waals surface area contributed by atoms with E-state index in [0.29, 0.717) is 13.0 Å². The number of ether oxygens (including phenoxy) is 2. The number of carbonyl (C=O) groups is 1. The summed E-state index contributed by atoms with van der Waals surface area (Å²) < 4.78 is 32.9. The molecular weight excluding hydrogens is 274 g/mol. The summed E-state index contributed by atoms with van der Waals surface area (Å²) in [6, 6.07) is 3.50. The molecule has 0 spiro atoms. The summed E-state index contributed by atoms with van der Waals surface area (Å²) >= 11 is 0. The predicted octanol–water partition coefficient (Wildman–Crippen LogP) is 0.448. The van der Waals surface area contributed by atoms with Crippen LogP contribution in [-0.4, -0.2) is 39.8 Å². The number of rotatable bonds is 7. The molecule has 1 aromatic carbocycles. The van der Waals surface area contributed by atoms with E-state index in [4.69, 9.17) is 19.7 Å². The molecule has 0 aliphatic rings. The van der Waals surface area contributed by atoms with Crippen molar-refractivity contribution in [3.8, 4) is 5.75 Å². The molecule has 0 heterocycles. The topological polar surface area (TPSA) is 116 Å². The van der Waals surface area contributed by atoms with Gasteiger partial charge in [-0.05, 0) is 18.2 Å². The minimum absolute atomic E-state index is 0.0311. The van der Waals surface area contributed by atoms with Crippen molar-refractivity contribution >= 4 is 16.0 Å². The fourth-order valence-electron chi connectivity index (χ4n) is 1.37. The van der Waals surface area contributed by atoms with Crippen molar-refractivity contribution in [1.82, 2.24) is 0 Å². The normalized spacial score (nSPS) is 11.3. The van der Waals surface area contributed by atoms with Gasteiger partial charge in [0.15, 0.2) is 0 Å². The van der Waals surface area contributed by atoms with Gasteiger partial charge in [0.1, 0.15) is 10.6 Å². The maximum Gasteiger partial charge on any atom is 0.335 e. The number of aromatic carboxylic acids is 1. The molecule has 106 valence electrons. The van der Waals surface area contributed by atoms with Gasteiger partial charge in [-0.1, -0.05) is 0 Å². The Kier molecular flexibility index (Phi) is 5.28. The molecule has 1 aromatic rings. The van der Waals surface area contributed by atoms with E-state index in [1.807, 2.05) is 0 Å². The van der Waals surface area contributed by atoms with E-state index in [1.165, 1.54) is 19.2 Å². The maximum absolute atomic E-state index is 11.4. The molecule has 0 radical (unpaired) electrons. The number of carboxylic acid groups (broad SMARTS) is 1. The lowest BCUT2D eigenvalue weighted by Gasteiger charge is -2.10. The van der Waals surface area contributed by atoms with E-state index < -0.39 is 16.0 Å². The average molecular weight is 289 g/mol. The lowest BCUT2D eigenvalue weighted by Crippen LogP contribution is -2.15. The zero-order valence-corrected chi connectivity index (χ0v) is 11.1. The summed E-state index contributed by atoms with van der Waals surface area (Å²) in [6.07, 6.45) is 0.571. The van der Waals surface area contributed by atoms with Crippen molar-refractivity contribution in [3.05, 3.63) is 23.8 Å². The Hall–Kier alpha value is -1.64. The van der Waals surface area contributed by atoms with E-state index >= 15 is 0 Å². The van der Waals surface area contributed by atoms with Gasteiger partial charge in [0, 0.05) is 20.1 Å². The van der Waals surface area contributed by atoms with Gasteiger partial charge in [-0.25, -0.2) is 18.4 Å². The van der Waals surface area contributed by atoms with E-state index in [1.54, 1.807) is 0 Å². The Labute approximate surface area is 111 Å². The van der Waals surface area contributed by atoms with Crippen molar-refractivity contribution in [1.29, 1.82) is 0 Å². The SMILES string of the molecule is COCCCOc1ccc(C(=O)O)cc1S(N)(=O)=O. The molecule has 0 fully saturated rings. The number of methoxy groups -OCH3 is 1. The van der Waals surface area contributed by atoms with Crippen molar-refractivity contribution in [2.45, 2.75) is 11.3 Å². The summed E-state index contributed by atoms with van der Waals surface area (Å²) in [4.78, 5) is 10.5. The van der Waals surface area contributed by atoms with Crippen LogP contribution < -0.4 is 9.88 Å². The third kappa shape index (κ3) is 4.51. The first-order valence-electron chi connectivity index (χ1n) is 5.38. The molecule has 0 aliphatic carbocycles. The number of nitrogens with two attached hydrogens (primary N) is 1. The summed E-state index contributed by atoms with van der Waals surface area (Å²) in [6.45, 7) is 0.709. The van der Waals surface area contributed by atoms with Crippen LogP contribution in [0.25, 0.3) is 0 Å². The molecule has 0 aliphatic heterocycles. The summed E-state index contributed by atoms with van der Waals surface area (Å²) in [5.41, 5.74) is -0.173. The number of sulfonamides is 1. The molecular formula is C11H15NO6S. The van der Waals surface area contributed by atoms with Gasteiger partial charge in [-0.3, -0.25) is 0 Å². The molecule has 0 atom stereocenters. The molecule has 19 heavy (non-hydrogen) atoms. The summed E-state index contributed by atoms with van der Waals surface area (Å²) in [5.74, 6) is -1.21. The molecule has 8 heteroatoms. The molecule has 0 unspecified atom stereocenters. The summed E-state index contributed by atoms with van der Waals surface area (Å²) in [5, 5.41) is 13.9. The fourth-order valence-corrected chi connectivity index (χ4v) is 2.07. The highest BCUT2D eigenvalue weighted by atomic mass is 32.2. The molecule has 1 rings (SSSR count). The van der Waals surface area contributed by atoms with Gasteiger partial charge in [-0.15, -0.1) is 0 Å². The fraction of sp³-hybridized carbons (Fsp3) is 0.364. The van der Waals surface area contributed by atoms with Gasteiger partial charge in [0.2, 0.25) is 10.0 Å². The molecule has 3 N–H and O–H groups in total. The van der Waals surface area contributed by atoms with Crippen LogP contribution in [0.1, 0.15) is 16.8 Å². The van der Waals surface area contributed by atoms with Gasteiger partial charge < -0.3 is 14.6 Å². The minimum atomic E-state index is -4.05. The largest absolute Gasteiger partial charge is 0.492 e. The van der Waals surface area contributed by atoms with E-state index in [9.17, 15) is 13.2 Å². The molecule has 0 saturated carbocycles. The molecule has 0 bridgehead atoms. The number of carboxylic acids is 1. The highest BCUT2D eigenvalue weighted by molar-refractivity contribution is 7.89. The van der Waals surface area contributed by atoms with Crippen LogP contribution in [-0.2, 0) is 14.8 Å². The smallest absolute Gasteiger partial charge is 0.335 e. The molecule has 7 nitrogen and oxygen atoms in total. The number of hydrogen-bond acceptors (Lipinski definition) is 5. The van der Waals surface area contributed by atoms with Crippen LogP contribution in [0.4, 0.5) is 0 Å². The molecule has 0 aromatic heterocycles. The lowest BCUT2D eigenvalue weighted by atomic mass is 10.2. The van der Waals surface area contributed by atoms with Crippen LogP contribution in [0.3, 0.4) is 0 Å². The second kappa shape index (κ2) is 6.50. The van der Waals surface area contributed by atoms with Crippen molar-refractivity contribution in [2.24, 2.45) is 5.14 Å². The standard InChI is InChI=1S/C11H15NO6S/c1-17-5-2-6-18-9-4-3-8(11(13)14)7-10(9)19(12,15)16/h3-4,7H,2,5-6H2,1H3,(H,13,14)(H2,12,15,16). The number of primary sulfonamides is 1. The molecule has 0 amide bonds. The predicted molar refractivity (Wildman–Crippen MR) is 66.8 cm³/mol. The monoisotopic (exact) mass is 289 g/mol. The van der Waals surface area contributed by atoms with E-state index in [0.717, 1.165) is 6.07 Å². The Balaban J connectivity index is 3.00. The van der Waals surface area contributed by atoms with Crippen LogP contribution >= 0.6 is 0 Å². The first-order chi connectivity index (χ1) is 8.86. The Morgan fingerprint density at radius 1 is 1.37 bits per heavy atom. The van der Waals surface area contributed by atoms with E-state index in [-0.39, 0.29) is 22.8 Å².